The van der Waals surface area contributed by atoms with Crippen molar-refractivity contribution in [3.05, 3.63) is 41.6 Å². The van der Waals surface area contributed by atoms with Gasteiger partial charge in [-0.3, -0.25) is 4.98 Å². The molecule has 0 amide bonds. The van der Waals surface area contributed by atoms with Gasteiger partial charge in [0.1, 0.15) is 0 Å². The summed E-state index contributed by atoms with van der Waals surface area (Å²) in [5, 5.41) is 9.87. The first-order valence-electron chi connectivity index (χ1n) is 4.84. The van der Waals surface area contributed by atoms with Crippen LogP contribution in [0.1, 0.15) is 23.0 Å². The molecule has 3 nitrogen and oxygen atoms in total. The third-order valence-corrected chi connectivity index (χ3v) is 2.37. The molecular weight excluding hydrogens is 334 g/mol. The molecule has 0 aliphatic rings. The number of para-hydroxylation sites is 1. The van der Waals surface area contributed by atoms with Crippen LogP contribution in [0.25, 0.3) is 10.9 Å². The van der Waals surface area contributed by atoms with Gasteiger partial charge in [0.25, 0.3) is 0 Å². The van der Waals surface area contributed by atoms with Crippen molar-refractivity contribution < 1.29 is 50.7 Å². The first kappa shape index (κ1) is 13.5. The van der Waals surface area contributed by atoms with Gasteiger partial charge in [-0.25, -0.2) is 4.79 Å². The smallest absolute Gasteiger partial charge is 0.337 e. The average molecular weight is 345 g/mol. The summed E-state index contributed by atoms with van der Waals surface area (Å²) in [6, 6.07) is 9.02. The zero-order valence-electron chi connectivity index (χ0n) is 8.90. The number of pyridine rings is 1. The maximum absolute atomic E-state index is 11.0. The topological polar surface area (TPSA) is 50.2 Å². The summed E-state index contributed by atoms with van der Waals surface area (Å²) < 4.78 is 0. The van der Waals surface area contributed by atoms with Crippen molar-refractivity contribution in [3.63, 3.8) is 0 Å². The SMILES string of the molecule is CCc1ccc2cccc(C(=O)O)c2n1.[Nd]. The Hall–Kier alpha value is -0.549. The number of rotatable bonds is 2. The molecule has 1 N–H and O–H groups in total. The van der Waals surface area contributed by atoms with Crippen LogP contribution < -0.4 is 0 Å². The van der Waals surface area contributed by atoms with Gasteiger partial charge >= 0.3 is 5.97 Å². The van der Waals surface area contributed by atoms with E-state index in [9.17, 15) is 4.79 Å². The summed E-state index contributed by atoms with van der Waals surface area (Å²) in [6.45, 7) is 2.00. The summed E-state index contributed by atoms with van der Waals surface area (Å²) in [4.78, 5) is 15.3. The van der Waals surface area contributed by atoms with Gasteiger partial charge < -0.3 is 5.11 Å². The van der Waals surface area contributed by atoms with Crippen LogP contribution in [-0.4, -0.2) is 16.1 Å². The molecule has 2 rings (SSSR count). The first-order chi connectivity index (χ1) is 7.22. The fourth-order valence-electron chi connectivity index (χ4n) is 1.56. The van der Waals surface area contributed by atoms with Crippen LogP contribution in [0.2, 0.25) is 0 Å². The molecule has 1 aromatic heterocycles. The van der Waals surface area contributed by atoms with E-state index in [1.54, 1.807) is 12.1 Å². The Morgan fingerprint density at radius 1 is 1.31 bits per heavy atom. The third kappa shape index (κ3) is 2.58. The molecule has 0 unspecified atom stereocenters. The zero-order valence-corrected chi connectivity index (χ0v) is 12.1. The summed E-state index contributed by atoms with van der Waals surface area (Å²) in [5.74, 6) is -0.929. The van der Waals surface area contributed by atoms with Crippen LogP contribution in [0.5, 0.6) is 0 Å². The van der Waals surface area contributed by atoms with E-state index in [1.807, 2.05) is 25.1 Å². The molecule has 16 heavy (non-hydrogen) atoms. The van der Waals surface area contributed by atoms with Crippen molar-refractivity contribution in [2.45, 2.75) is 13.3 Å². The van der Waals surface area contributed by atoms with E-state index in [-0.39, 0.29) is 46.4 Å². The van der Waals surface area contributed by atoms with E-state index in [0.717, 1.165) is 17.5 Å². The van der Waals surface area contributed by atoms with Crippen molar-refractivity contribution in [2.24, 2.45) is 0 Å². The number of hydrogen-bond donors (Lipinski definition) is 1. The van der Waals surface area contributed by atoms with E-state index in [0.29, 0.717) is 5.52 Å². The largest absolute Gasteiger partial charge is 0.478 e. The molecule has 0 aliphatic carbocycles. The molecule has 0 saturated carbocycles. The quantitative estimate of drug-likeness (QED) is 0.910. The second-order valence-corrected chi connectivity index (χ2v) is 3.34. The first-order valence-corrected chi connectivity index (χ1v) is 4.84. The van der Waals surface area contributed by atoms with Crippen molar-refractivity contribution in [2.75, 3.05) is 0 Å². The second kappa shape index (κ2) is 5.68. The Morgan fingerprint density at radius 3 is 2.69 bits per heavy atom. The Kier molecular flexibility index (Phi) is 4.80. The molecule has 0 bridgehead atoms. The van der Waals surface area contributed by atoms with E-state index < -0.39 is 5.97 Å². The average Bonchev–Trinajstić information content (AvgIpc) is 2.27. The van der Waals surface area contributed by atoms with Gasteiger partial charge in [0.2, 0.25) is 0 Å². The van der Waals surface area contributed by atoms with Gasteiger partial charge in [-0.05, 0) is 18.6 Å². The minimum Gasteiger partial charge on any atom is -0.478 e. The molecule has 0 fully saturated rings. The van der Waals surface area contributed by atoms with Crippen LogP contribution in [0.15, 0.2) is 30.3 Å². The Balaban J connectivity index is 0.00000128. The molecule has 80 valence electrons. The number of carbonyl (C=O) groups is 1. The number of aromatic nitrogens is 1. The molecule has 1 heterocycles. The van der Waals surface area contributed by atoms with Gasteiger partial charge in [0, 0.05) is 51.9 Å². The minimum absolute atomic E-state index is 0. The number of aryl methyl sites for hydroxylation is 1. The normalized spacial score (nSPS) is 9.81. The number of carboxylic acids is 1. The molecule has 0 radical (unpaired) electrons. The van der Waals surface area contributed by atoms with Crippen LogP contribution in [0.4, 0.5) is 0 Å². The number of nitrogens with zero attached hydrogens (tertiary/aromatic N) is 1. The minimum atomic E-state index is -0.929. The maximum atomic E-state index is 11.0. The number of carboxylic acid groups (broad SMARTS) is 1. The predicted octanol–water partition coefficient (Wildman–Crippen LogP) is 2.50. The Labute approximate surface area is 126 Å². The molecule has 0 aliphatic heterocycles. The summed E-state index contributed by atoms with van der Waals surface area (Å²) in [7, 11) is 0. The molecule has 1 aromatic carbocycles. The molecule has 0 spiro atoms. The van der Waals surface area contributed by atoms with Crippen molar-refractivity contribution in [3.8, 4) is 0 Å². The van der Waals surface area contributed by atoms with E-state index >= 15 is 0 Å². The Morgan fingerprint density at radius 2 is 2.06 bits per heavy atom. The molecular formula is C12H11NNdO2. The van der Waals surface area contributed by atoms with Gasteiger partial charge in [0.05, 0.1) is 11.1 Å². The van der Waals surface area contributed by atoms with Crippen LogP contribution in [-0.2, 0) is 6.42 Å². The molecule has 4 heteroatoms. The van der Waals surface area contributed by atoms with Crippen LogP contribution in [0, 0.1) is 40.8 Å². The van der Waals surface area contributed by atoms with Gasteiger partial charge in [-0.15, -0.1) is 0 Å². The predicted molar refractivity (Wildman–Crippen MR) is 58.1 cm³/mol. The van der Waals surface area contributed by atoms with E-state index in [2.05, 4.69) is 4.98 Å². The summed E-state index contributed by atoms with van der Waals surface area (Å²) in [6.07, 6.45) is 0.809. The number of fused-ring (bicyclic) bond motifs is 1. The van der Waals surface area contributed by atoms with Gasteiger partial charge in [0.15, 0.2) is 0 Å². The molecule has 0 atom stereocenters. The summed E-state index contributed by atoms with van der Waals surface area (Å²) in [5.41, 5.74) is 1.75. The zero-order chi connectivity index (χ0) is 10.8. The fourth-order valence-corrected chi connectivity index (χ4v) is 1.56. The maximum Gasteiger partial charge on any atom is 0.337 e. The van der Waals surface area contributed by atoms with Crippen molar-refractivity contribution in [1.29, 1.82) is 0 Å². The monoisotopic (exact) mass is 343 g/mol. The molecule has 0 saturated heterocycles. The standard InChI is InChI=1S/C12H11NO2.Nd/c1-2-9-7-6-8-4-3-5-10(12(14)15)11(8)13-9;/h3-7H,2H2,1H3,(H,14,15);. The summed E-state index contributed by atoms with van der Waals surface area (Å²) >= 11 is 0. The fraction of sp³-hybridized carbons (Fsp3) is 0.167. The Bertz CT molecular complexity index is 525. The van der Waals surface area contributed by atoms with Gasteiger partial charge in [-0.2, -0.15) is 0 Å². The van der Waals surface area contributed by atoms with Crippen LogP contribution in [0.3, 0.4) is 0 Å². The van der Waals surface area contributed by atoms with Gasteiger partial charge in [-0.1, -0.05) is 25.1 Å². The number of benzene rings is 1. The second-order valence-electron chi connectivity index (χ2n) is 3.34. The van der Waals surface area contributed by atoms with E-state index in [1.165, 1.54) is 0 Å². The van der Waals surface area contributed by atoms with Crippen molar-refractivity contribution in [1.82, 2.24) is 4.98 Å². The van der Waals surface area contributed by atoms with E-state index in [4.69, 9.17) is 5.11 Å². The molecule has 2 aromatic rings. The number of aromatic carboxylic acids is 1. The number of hydrogen-bond acceptors (Lipinski definition) is 2. The third-order valence-electron chi connectivity index (χ3n) is 2.37. The van der Waals surface area contributed by atoms with Crippen molar-refractivity contribution >= 4 is 16.9 Å². The van der Waals surface area contributed by atoms with Crippen LogP contribution >= 0.6 is 0 Å².